The maximum absolute atomic E-state index is 4.53. The number of hydrogen-bond acceptors (Lipinski definition) is 2. The van der Waals surface area contributed by atoms with Gasteiger partial charge in [-0.15, -0.1) is 0 Å². The molecule has 0 amide bonds. The molecule has 0 aliphatic heterocycles. The molecule has 3 nitrogen and oxygen atoms in total. The summed E-state index contributed by atoms with van der Waals surface area (Å²) in [5, 5.41) is 8.11. The highest BCUT2D eigenvalue weighted by Crippen LogP contribution is 2.34. The third-order valence-corrected chi connectivity index (χ3v) is 5.13. The summed E-state index contributed by atoms with van der Waals surface area (Å²) in [6.45, 7) is 6.99. The van der Waals surface area contributed by atoms with Crippen LogP contribution in [0.15, 0.2) is 28.7 Å². The van der Waals surface area contributed by atoms with Crippen molar-refractivity contribution >= 4 is 15.9 Å². The number of aromatic nitrogens is 2. The van der Waals surface area contributed by atoms with E-state index in [4.69, 9.17) is 0 Å². The molecule has 0 saturated heterocycles. The number of benzene rings is 1. The summed E-state index contributed by atoms with van der Waals surface area (Å²) in [5.41, 5.74) is 5.34. The van der Waals surface area contributed by atoms with Crippen molar-refractivity contribution in [2.24, 2.45) is 0 Å². The number of nitrogens with zero attached hydrogens (tertiary/aromatic N) is 2. The summed E-state index contributed by atoms with van der Waals surface area (Å²) < 4.78 is 3.21. The molecule has 1 unspecified atom stereocenters. The van der Waals surface area contributed by atoms with Gasteiger partial charge in [0, 0.05) is 25.6 Å². The molecule has 1 heterocycles. The zero-order valence-electron chi connectivity index (χ0n) is 12.0. The number of fused-ring (bicyclic) bond motifs is 1. The monoisotopic (exact) mass is 333 g/mol. The van der Waals surface area contributed by atoms with Crippen LogP contribution in [0.5, 0.6) is 0 Å². The maximum atomic E-state index is 4.53. The SMILES string of the molecule is CCn1nc(C)c(Br)c1CNCC1Cc2ccccc21. The van der Waals surface area contributed by atoms with Crippen LogP contribution in [0.2, 0.25) is 0 Å². The molecule has 2 aromatic rings. The van der Waals surface area contributed by atoms with E-state index in [-0.39, 0.29) is 0 Å². The number of aryl methyl sites for hydroxylation is 2. The van der Waals surface area contributed by atoms with E-state index in [1.807, 2.05) is 6.92 Å². The highest BCUT2D eigenvalue weighted by molar-refractivity contribution is 9.10. The first-order valence-corrected chi connectivity index (χ1v) is 8.00. The number of nitrogens with one attached hydrogen (secondary N) is 1. The number of hydrogen-bond donors (Lipinski definition) is 1. The molecule has 1 aliphatic carbocycles. The molecule has 1 atom stereocenters. The van der Waals surface area contributed by atoms with E-state index in [1.165, 1.54) is 23.2 Å². The number of rotatable bonds is 5. The van der Waals surface area contributed by atoms with Crippen LogP contribution in [-0.2, 0) is 19.5 Å². The molecule has 0 saturated carbocycles. The van der Waals surface area contributed by atoms with E-state index in [0.717, 1.165) is 29.8 Å². The summed E-state index contributed by atoms with van der Waals surface area (Å²) in [4.78, 5) is 0. The Morgan fingerprint density at radius 2 is 2.20 bits per heavy atom. The highest BCUT2D eigenvalue weighted by Gasteiger charge is 2.24. The van der Waals surface area contributed by atoms with E-state index in [9.17, 15) is 0 Å². The normalized spacial score (nSPS) is 16.9. The quantitative estimate of drug-likeness (QED) is 0.908. The lowest BCUT2D eigenvalue weighted by atomic mass is 9.77. The molecule has 0 bridgehead atoms. The molecule has 3 rings (SSSR count). The van der Waals surface area contributed by atoms with Gasteiger partial charge in [0.25, 0.3) is 0 Å². The van der Waals surface area contributed by atoms with Gasteiger partial charge >= 0.3 is 0 Å². The van der Waals surface area contributed by atoms with Gasteiger partial charge in [0.1, 0.15) is 0 Å². The molecule has 1 N–H and O–H groups in total. The van der Waals surface area contributed by atoms with Gasteiger partial charge in [0.05, 0.1) is 15.9 Å². The van der Waals surface area contributed by atoms with Gasteiger partial charge < -0.3 is 5.32 Å². The molecule has 1 aromatic carbocycles. The fourth-order valence-electron chi connectivity index (χ4n) is 2.95. The van der Waals surface area contributed by atoms with Crippen molar-refractivity contribution in [1.29, 1.82) is 0 Å². The molecule has 4 heteroatoms. The lowest BCUT2D eigenvalue weighted by molar-refractivity contribution is 0.515. The van der Waals surface area contributed by atoms with Gasteiger partial charge in [0.2, 0.25) is 0 Å². The lowest BCUT2D eigenvalue weighted by Crippen LogP contribution is -2.29. The second-order valence-electron chi connectivity index (χ2n) is 5.39. The van der Waals surface area contributed by atoms with Crippen LogP contribution in [0.25, 0.3) is 0 Å². The Morgan fingerprint density at radius 1 is 1.40 bits per heavy atom. The molecular weight excluding hydrogens is 314 g/mol. The molecule has 0 radical (unpaired) electrons. The van der Waals surface area contributed by atoms with Crippen LogP contribution in [0.1, 0.15) is 35.4 Å². The average Bonchev–Trinajstić information content (AvgIpc) is 2.71. The van der Waals surface area contributed by atoms with Crippen LogP contribution < -0.4 is 5.32 Å². The Labute approximate surface area is 128 Å². The Balaban J connectivity index is 1.59. The topological polar surface area (TPSA) is 29.9 Å². The summed E-state index contributed by atoms with van der Waals surface area (Å²) in [6.07, 6.45) is 1.20. The first kappa shape index (κ1) is 13.8. The van der Waals surface area contributed by atoms with E-state index in [2.05, 4.69) is 62.2 Å². The van der Waals surface area contributed by atoms with Gasteiger partial charge in [-0.05, 0) is 47.3 Å². The van der Waals surface area contributed by atoms with E-state index in [0.29, 0.717) is 5.92 Å². The first-order valence-electron chi connectivity index (χ1n) is 7.21. The van der Waals surface area contributed by atoms with Crippen LogP contribution in [0.3, 0.4) is 0 Å². The third-order valence-electron chi connectivity index (χ3n) is 4.10. The van der Waals surface area contributed by atoms with Crippen molar-refractivity contribution in [1.82, 2.24) is 15.1 Å². The van der Waals surface area contributed by atoms with Gasteiger partial charge in [-0.2, -0.15) is 5.10 Å². The average molecular weight is 334 g/mol. The highest BCUT2D eigenvalue weighted by atomic mass is 79.9. The van der Waals surface area contributed by atoms with Crippen LogP contribution in [0.4, 0.5) is 0 Å². The minimum atomic E-state index is 0.670. The number of halogens is 1. The fraction of sp³-hybridized carbons (Fsp3) is 0.438. The summed E-state index contributed by atoms with van der Waals surface area (Å²) in [5.74, 6) is 0.670. The van der Waals surface area contributed by atoms with Gasteiger partial charge in [-0.25, -0.2) is 0 Å². The van der Waals surface area contributed by atoms with E-state index < -0.39 is 0 Å². The Bertz CT molecular complexity index is 618. The first-order chi connectivity index (χ1) is 9.70. The molecule has 106 valence electrons. The Hall–Kier alpha value is -1.13. The Kier molecular flexibility index (Phi) is 3.94. The predicted molar refractivity (Wildman–Crippen MR) is 84.9 cm³/mol. The van der Waals surface area contributed by atoms with Crippen molar-refractivity contribution in [3.63, 3.8) is 0 Å². The largest absolute Gasteiger partial charge is 0.311 e. The smallest absolute Gasteiger partial charge is 0.0739 e. The standard InChI is InChI=1S/C16H20BrN3/c1-3-20-15(16(17)11(2)19-20)10-18-9-13-8-12-6-4-5-7-14(12)13/h4-7,13,18H,3,8-10H2,1-2H3. The summed E-state index contributed by atoms with van der Waals surface area (Å²) >= 11 is 3.64. The lowest BCUT2D eigenvalue weighted by Gasteiger charge is -2.30. The maximum Gasteiger partial charge on any atom is 0.0739 e. The minimum absolute atomic E-state index is 0.670. The second kappa shape index (κ2) is 5.70. The zero-order chi connectivity index (χ0) is 14.1. The molecule has 0 fully saturated rings. The predicted octanol–water partition coefficient (Wildman–Crippen LogP) is 3.40. The van der Waals surface area contributed by atoms with Crippen LogP contribution in [0, 0.1) is 6.92 Å². The minimum Gasteiger partial charge on any atom is -0.311 e. The molecule has 1 aliphatic rings. The summed E-state index contributed by atoms with van der Waals surface area (Å²) in [7, 11) is 0. The fourth-order valence-corrected chi connectivity index (χ4v) is 3.37. The van der Waals surface area contributed by atoms with Gasteiger partial charge in [0.15, 0.2) is 0 Å². The molecule has 1 aromatic heterocycles. The van der Waals surface area contributed by atoms with E-state index in [1.54, 1.807) is 0 Å². The van der Waals surface area contributed by atoms with Crippen LogP contribution >= 0.6 is 15.9 Å². The van der Waals surface area contributed by atoms with Crippen LogP contribution in [-0.4, -0.2) is 16.3 Å². The van der Waals surface area contributed by atoms with Gasteiger partial charge in [-0.3, -0.25) is 4.68 Å². The van der Waals surface area contributed by atoms with Crippen molar-refractivity contribution in [3.8, 4) is 0 Å². The second-order valence-corrected chi connectivity index (χ2v) is 6.19. The van der Waals surface area contributed by atoms with E-state index >= 15 is 0 Å². The molecule has 0 spiro atoms. The van der Waals surface area contributed by atoms with Crippen molar-refractivity contribution in [2.45, 2.75) is 39.3 Å². The summed E-state index contributed by atoms with van der Waals surface area (Å²) in [6, 6.07) is 8.75. The van der Waals surface area contributed by atoms with Crippen molar-refractivity contribution in [3.05, 3.63) is 51.3 Å². The van der Waals surface area contributed by atoms with Crippen molar-refractivity contribution in [2.75, 3.05) is 6.54 Å². The third kappa shape index (κ3) is 2.42. The van der Waals surface area contributed by atoms with Gasteiger partial charge in [-0.1, -0.05) is 24.3 Å². The van der Waals surface area contributed by atoms with Crippen molar-refractivity contribution < 1.29 is 0 Å². The Morgan fingerprint density at radius 3 is 2.95 bits per heavy atom. The molecular formula is C16H20BrN3. The zero-order valence-corrected chi connectivity index (χ0v) is 13.6. The molecule has 20 heavy (non-hydrogen) atoms.